The Bertz CT molecular complexity index is 1210. The molecule has 30 heavy (non-hydrogen) atoms. The van der Waals surface area contributed by atoms with Crippen molar-refractivity contribution in [3.05, 3.63) is 110 Å². The molecule has 0 amide bonds. The van der Waals surface area contributed by atoms with Gasteiger partial charge in [-0.15, -0.1) is 0 Å². The van der Waals surface area contributed by atoms with Crippen molar-refractivity contribution in [3.8, 4) is 0 Å². The lowest BCUT2D eigenvalue weighted by Gasteiger charge is -2.24. The van der Waals surface area contributed by atoms with E-state index < -0.39 is 0 Å². The van der Waals surface area contributed by atoms with Crippen LogP contribution in [0.15, 0.2) is 88.4 Å². The fraction of sp³-hybridized carbons (Fsp3) is 0.0870. The maximum Gasteiger partial charge on any atom is 0.294 e. The maximum atomic E-state index is 13.4. The number of hydrogen-bond donors (Lipinski definition) is 0. The largest absolute Gasteiger partial charge is 0.305 e. The molecule has 0 spiro atoms. The zero-order valence-corrected chi connectivity index (χ0v) is 18.5. The Kier molecular flexibility index (Phi) is 5.97. The molecule has 0 aliphatic carbocycles. The SMILES string of the molecule is Cc1cc(Br)cc(N(c2ccccn2)c2nc(Cl)cn(Cc3ccccc3)c2=O)c1. The molecule has 0 aliphatic rings. The van der Waals surface area contributed by atoms with Crippen molar-refractivity contribution in [1.82, 2.24) is 14.5 Å². The minimum Gasteiger partial charge on any atom is -0.305 e. The molecule has 0 saturated carbocycles. The summed E-state index contributed by atoms with van der Waals surface area (Å²) in [6, 6.07) is 21.2. The van der Waals surface area contributed by atoms with Crippen LogP contribution in [0.1, 0.15) is 11.1 Å². The van der Waals surface area contributed by atoms with Crippen molar-refractivity contribution in [2.24, 2.45) is 0 Å². The molecule has 4 rings (SSSR count). The predicted octanol–water partition coefficient (Wildman–Crippen LogP) is 5.88. The Labute approximate surface area is 187 Å². The predicted molar refractivity (Wildman–Crippen MR) is 124 cm³/mol. The minimum absolute atomic E-state index is 0.189. The van der Waals surface area contributed by atoms with E-state index >= 15 is 0 Å². The molecule has 0 aliphatic heterocycles. The summed E-state index contributed by atoms with van der Waals surface area (Å²) < 4.78 is 2.46. The molecule has 0 atom stereocenters. The summed E-state index contributed by atoms with van der Waals surface area (Å²) in [5.41, 5.74) is 2.53. The summed E-state index contributed by atoms with van der Waals surface area (Å²) in [4.78, 5) is 24.0. The normalized spacial score (nSPS) is 10.8. The van der Waals surface area contributed by atoms with Gasteiger partial charge in [0.25, 0.3) is 5.56 Å². The van der Waals surface area contributed by atoms with Gasteiger partial charge in [-0.2, -0.15) is 0 Å². The first-order valence-electron chi connectivity index (χ1n) is 9.30. The number of nitrogens with zero attached hydrogens (tertiary/aromatic N) is 4. The molecule has 7 heteroatoms. The molecule has 150 valence electrons. The summed E-state index contributed by atoms with van der Waals surface area (Å²) in [7, 11) is 0. The molecular weight excluding hydrogens is 464 g/mol. The lowest BCUT2D eigenvalue weighted by atomic mass is 10.2. The molecule has 0 saturated heterocycles. The third kappa shape index (κ3) is 4.45. The number of halogens is 2. The van der Waals surface area contributed by atoms with Gasteiger partial charge in [0.05, 0.1) is 12.2 Å². The lowest BCUT2D eigenvalue weighted by Crippen LogP contribution is -2.29. The smallest absolute Gasteiger partial charge is 0.294 e. The Morgan fingerprint density at radius 2 is 1.83 bits per heavy atom. The van der Waals surface area contributed by atoms with Gasteiger partial charge in [0.2, 0.25) is 5.82 Å². The van der Waals surface area contributed by atoms with E-state index in [0.717, 1.165) is 21.3 Å². The first-order valence-corrected chi connectivity index (χ1v) is 10.5. The van der Waals surface area contributed by atoms with Gasteiger partial charge in [0.15, 0.2) is 0 Å². The van der Waals surface area contributed by atoms with Gasteiger partial charge in [-0.25, -0.2) is 9.97 Å². The molecule has 0 unspecified atom stereocenters. The van der Waals surface area contributed by atoms with E-state index in [0.29, 0.717) is 12.4 Å². The average Bonchev–Trinajstić information content (AvgIpc) is 2.72. The van der Waals surface area contributed by atoms with Crippen LogP contribution < -0.4 is 10.5 Å². The second-order valence-electron chi connectivity index (χ2n) is 6.82. The van der Waals surface area contributed by atoms with Gasteiger partial charge < -0.3 is 4.57 Å². The van der Waals surface area contributed by atoms with Crippen LogP contribution in [0.25, 0.3) is 0 Å². The molecule has 0 radical (unpaired) electrons. The van der Waals surface area contributed by atoms with E-state index in [1.165, 1.54) is 0 Å². The second-order valence-corrected chi connectivity index (χ2v) is 8.12. The van der Waals surface area contributed by atoms with Crippen LogP contribution in [0.3, 0.4) is 0 Å². The van der Waals surface area contributed by atoms with Gasteiger partial charge in [0.1, 0.15) is 11.0 Å². The number of aryl methyl sites for hydroxylation is 1. The molecule has 0 bridgehead atoms. The number of aromatic nitrogens is 3. The Morgan fingerprint density at radius 1 is 1.07 bits per heavy atom. The van der Waals surface area contributed by atoms with Crippen LogP contribution in [-0.2, 0) is 6.54 Å². The third-order valence-corrected chi connectivity index (χ3v) is 5.14. The summed E-state index contributed by atoms with van der Waals surface area (Å²) >= 11 is 9.88. The number of hydrogen-bond acceptors (Lipinski definition) is 4. The van der Waals surface area contributed by atoms with E-state index in [4.69, 9.17) is 11.6 Å². The maximum absolute atomic E-state index is 13.4. The third-order valence-electron chi connectivity index (χ3n) is 4.50. The Balaban J connectivity index is 1.90. The highest BCUT2D eigenvalue weighted by atomic mass is 79.9. The summed E-state index contributed by atoms with van der Waals surface area (Å²) in [5, 5.41) is 0.230. The van der Waals surface area contributed by atoms with E-state index in [1.807, 2.05) is 73.7 Å². The van der Waals surface area contributed by atoms with Crippen molar-refractivity contribution in [3.63, 3.8) is 0 Å². The zero-order valence-electron chi connectivity index (χ0n) is 16.2. The number of benzene rings is 2. The molecule has 2 heterocycles. The molecule has 5 nitrogen and oxygen atoms in total. The van der Waals surface area contributed by atoms with E-state index in [2.05, 4.69) is 25.9 Å². The molecular formula is C23H18BrClN4O. The molecule has 2 aromatic heterocycles. The quantitative estimate of drug-likeness (QED) is 0.357. The van der Waals surface area contributed by atoms with Gasteiger partial charge >= 0.3 is 0 Å². The molecule has 4 aromatic rings. The highest BCUT2D eigenvalue weighted by Crippen LogP contribution is 2.33. The van der Waals surface area contributed by atoms with Crippen molar-refractivity contribution in [2.45, 2.75) is 13.5 Å². The monoisotopic (exact) mass is 480 g/mol. The standard InChI is InChI=1S/C23H18BrClN4O/c1-16-11-18(24)13-19(12-16)29(21-9-5-6-10-26-21)22-23(30)28(15-20(25)27-22)14-17-7-3-2-4-8-17/h2-13,15H,14H2,1H3. The first kappa shape index (κ1) is 20.3. The first-order chi connectivity index (χ1) is 14.5. The number of anilines is 3. The van der Waals surface area contributed by atoms with Crippen molar-refractivity contribution >= 4 is 44.9 Å². The molecule has 0 fully saturated rings. The lowest BCUT2D eigenvalue weighted by molar-refractivity contribution is 0.747. The fourth-order valence-corrected chi connectivity index (χ4v) is 4.03. The highest BCUT2D eigenvalue weighted by Gasteiger charge is 2.21. The van der Waals surface area contributed by atoms with Crippen molar-refractivity contribution in [2.75, 3.05) is 4.90 Å². The number of rotatable bonds is 5. The summed E-state index contributed by atoms with van der Waals surface area (Å²) in [6.45, 7) is 2.38. The van der Waals surface area contributed by atoms with Crippen molar-refractivity contribution < 1.29 is 0 Å². The van der Waals surface area contributed by atoms with Crippen molar-refractivity contribution in [1.29, 1.82) is 0 Å². The van der Waals surface area contributed by atoms with Gasteiger partial charge in [-0.1, -0.05) is 63.9 Å². The van der Waals surface area contributed by atoms with Crippen LogP contribution in [0.4, 0.5) is 17.3 Å². The second kappa shape index (κ2) is 8.81. The molecule has 2 aromatic carbocycles. The highest BCUT2D eigenvalue weighted by molar-refractivity contribution is 9.10. The van der Waals surface area contributed by atoms with Crippen LogP contribution >= 0.6 is 27.5 Å². The van der Waals surface area contributed by atoms with Crippen LogP contribution in [-0.4, -0.2) is 14.5 Å². The van der Waals surface area contributed by atoms with Gasteiger partial charge in [-0.05, 0) is 48.4 Å². The van der Waals surface area contributed by atoms with E-state index in [1.54, 1.807) is 21.9 Å². The van der Waals surface area contributed by atoms with Gasteiger partial charge in [0, 0.05) is 16.9 Å². The summed E-state index contributed by atoms with van der Waals surface area (Å²) in [5.74, 6) is 0.766. The minimum atomic E-state index is -0.258. The van der Waals surface area contributed by atoms with Crippen LogP contribution in [0.2, 0.25) is 5.15 Å². The van der Waals surface area contributed by atoms with Gasteiger partial charge in [-0.3, -0.25) is 9.69 Å². The van der Waals surface area contributed by atoms with Crippen LogP contribution in [0, 0.1) is 6.92 Å². The topological polar surface area (TPSA) is 51.0 Å². The zero-order chi connectivity index (χ0) is 21.1. The average molecular weight is 482 g/mol. The Hall–Kier alpha value is -2.96. The van der Waals surface area contributed by atoms with Crippen LogP contribution in [0.5, 0.6) is 0 Å². The fourth-order valence-electron chi connectivity index (χ4n) is 3.23. The molecule has 0 N–H and O–H groups in total. The van der Waals surface area contributed by atoms with E-state index in [-0.39, 0.29) is 16.5 Å². The number of pyridine rings is 1. The van der Waals surface area contributed by atoms with E-state index in [9.17, 15) is 4.79 Å². The Morgan fingerprint density at radius 3 is 2.53 bits per heavy atom. The summed E-state index contributed by atoms with van der Waals surface area (Å²) in [6.07, 6.45) is 3.24.